The van der Waals surface area contributed by atoms with Crippen LogP contribution in [0.3, 0.4) is 0 Å². The minimum Gasteiger partial charge on any atom is -0.497 e. The molecule has 0 saturated carbocycles. The van der Waals surface area contributed by atoms with Gasteiger partial charge >= 0.3 is 0 Å². The third-order valence-electron chi connectivity index (χ3n) is 3.94. The highest BCUT2D eigenvalue weighted by Crippen LogP contribution is 2.22. The van der Waals surface area contributed by atoms with Crippen LogP contribution in [-0.2, 0) is 0 Å². The lowest BCUT2D eigenvalue weighted by Gasteiger charge is -2.06. The first-order valence-corrected chi connectivity index (χ1v) is 8.34. The number of ether oxygens (including phenoxy) is 1. The fourth-order valence-electron chi connectivity index (χ4n) is 2.49. The lowest BCUT2D eigenvalue weighted by molar-refractivity contribution is 0.415. The quantitative estimate of drug-likeness (QED) is 0.512. The molecule has 2 rings (SSSR count). The highest BCUT2D eigenvalue weighted by molar-refractivity contribution is 5.72. The molecule has 2 aromatic carbocycles. The van der Waals surface area contributed by atoms with Gasteiger partial charge in [0, 0.05) is 5.57 Å². The van der Waals surface area contributed by atoms with Crippen molar-refractivity contribution in [1.29, 1.82) is 10.5 Å². The Balaban J connectivity index is 2.43. The summed E-state index contributed by atoms with van der Waals surface area (Å²) in [6, 6.07) is 21.5. The molecule has 0 heterocycles. The van der Waals surface area contributed by atoms with Crippen molar-refractivity contribution in [2.24, 2.45) is 0 Å². The summed E-state index contributed by atoms with van der Waals surface area (Å²) in [5, 5.41) is 18.6. The van der Waals surface area contributed by atoms with E-state index in [4.69, 9.17) is 4.74 Å². The fraction of sp³-hybridized carbons (Fsp3) is 0.130. The lowest BCUT2D eigenvalue weighted by atomic mass is 9.98. The van der Waals surface area contributed by atoms with Gasteiger partial charge in [-0.15, -0.1) is 0 Å². The summed E-state index contributed by atoms with van der Waals surface area (Å²) in [7, 11) is 1.62. The number of benzene rings is 2. The minimum absolute atomic E-state index is 0.0941. The highest BCUT2D eigenvalue weighted by Gasteiger charge is 2.05. The van der Waals surface area contributed by atoms with Crippen molar-refractivity contribution >= 4 is 11.6 Å². The number of rotatable bonds is 6. The van der Waals surface area contributed by atoms with Crippen molar-refractivity contribution in [2.45, 2.75) is 13.3 Å². The van der Waals surface area contributed by atoms with Gasteiger partial charge in [-0.25, -0.2) is 0 Å². The van der Waals surface area contributed by atoms with Crippen molar-refractivity contribution in [3.05, 3.63) is 89.0 Å². The Labute approximate surface area is 154 Å². The van der Waals surface area contributed by atoms with E-state index in [0.717, 1.165) is 28.9 Å². The zero-order chi connectivity index (χ0) is 18.8. The first-order chi connectivity index (χ1) is 12.7. The molecule has 0 aliphatic heterocycles. The second-order valence-electron chi connectivity index (χ2n) is 5.55. The SMILES string of the molecule is CC/C(=C/C(/C=C/c1ccc(OC)cc1)=C(C#N)C#N)c1ccccc1. The Morgan fingerprint density at radius 3 is 2.19 bits per heavy atom. The maximum Gasteiger partial charge on any atom is 0.136 e. The van der Waals surface area contributed by atoms with Gasteiger partial charge in [-0.3, -0.25) is 0 Å². The van der Waals surface area contributed by atoms with E-state index < -0.39 is 0 Å². The standard InChI is InChI=1S/C23H20N2O/c1-3-19(20-7-5-4-6-8-20)15-21(22(16-24)17-25)12-9-18-10-13-23(26-2)14-11-18/h4-15H,3H2,1-2H3/b12-9+,19-15-. The van der Waals surface area contributed by atoms with Gasteiger partial charge in [0.05, 0.1) is 7.11 Å². The van der Waals surface area contributed by atoms with Gasteiger partial charge in [0.2, 0.25) is 0 Å². The van der Waals surface area contributed by atoms with E-state index in [2.05, 4.69) is 6.92 Å². The summed E-state index contributed by atoms with van der Waals surface area (Å²) in [5.74, 6) is 0.782. The number of nitriles is 2. The van der Waals surface area contributed by atoms with Crippen LogP contribution in [0.25, 0.3) is 11.6 Å². The summed E-state index contributed by atoms with van der Waals surface area (Å²) < 4.78 is 5.15. The van der Waals surface area contributed by atoms with Crippen molar-refractivity contribution < 1.29 is 4.74 Å². The molecule has 0 aliphatic carbocycles. The van der Waals surface area contributed by atoms with Crippen LogP contribution in [-0.4, -0.2) is 7.11 Å². The van der Waals surface area contributed by atoms with E-state index in [9.17, 15) is 10.5 Å². The molecule has 0 aromatic heterocycles. The average molecular weight is 340 g/mol. The van der Waals surface area contributed by atoms with Gasteiger partial charge in [-0.1, -0.05) is 61.5 Å². The van der Waals surface area contributed by atoms with Gasteiger partial charge in [-0.05, 0) is 41.3 Å². The first-order valence-electron chi connectivity index (χ1n) is 8.34. The van der Waals surface area contributed by atoms with Crippen LogP contribution >= 0.6 is 0 Å². The van der Waals surface area contributed by atoms with Crippen LogP contribution in [0.5, 0.6) is 5.75 Å². The van der Waals surface area contributed by atoms with Gasteiger partial charge in [0.25, 0.3) is 0 Å². The summed E-state index contributed by atoms with van der Waals surface area (Å²) >= 11 is 0. The molecule has 2 aromatic rings. The van der Waals surface area contributed by atoms with E-state index in [-0.39, 0.29) is 5.57 Å². The average Bonchev–Trinajstić information content (AvgIpc) is 2.71. The van der Waals surface area contributed by atoms with Gasteiger partial charge in [0.1, 0.15) is 23.5 Å². The molecule has 0 bridgehead atoms. The number of nitrogens with zero attached hydrogens (tertiary/aromatic N) is 2. The number of hydrogen-bond acceptors (Lipinski definition) is 3. The van der Waals surface area contributed by atoms with Crippen LogP contribution in [0, 0.1) is 22.7 Å². The summed E-state index contributed by atoms with van der Waals surface area (Å²) in [5.41, 5.74) is 3.82. The van der Waals surface area contributed by atoms with E-state index in [1.54, 1.807) is 7.11 Å². The fourth-order valence-corrected chi connectivity index (χ4v) is 2.49. The molecular weight excluding hydrogens is 320 g/mol. The second-order valence-corrected chi connectivity index (χ2v) is 5.55. The van der Waals surface area contributed by atoms with Crippen LogP contribution in [0.4, 0.5) is 0 Å². The molecule has 3 heteroatoms. The third kappa shape index (κ3) is 4.97. The zero-order valence-electron chi connectivity index (χ0n) is 14.9. The van der Waals surface area contributed by atoms with Gasteiger partial charge < -0.3 is 4.74 Å². The monoisotopic (exact) mass is 340 g/mol. The maximum atomic E-state index is 9.31. The maximum absolute atomic E-state index is 9.31. The molecule has 0 unspecified atom stereocenters. The largest absolute Gasteiger partial charge is 0.497 e. The molecule has 3 nitrogen and oxygen atoms in total. The Morgan fingerprint density at radius 2 is 1.65 bits per heavy atom. The molecule has 0 fully saturated rings. The van der Waals surface area contributed by atoms with Crippen LogP contribution in [0.15, 0.2) is 77.9 Å². The van der Waals surface area contributed by atoms with Crippen LogP contribution in [0.1, 0.15) is 24.5 Å². The Morgan fingerprint density at radius 1 is 1.00 bits per heavy atom. The Hall–Kier alpha value is -3.56. The highest BCUT2D eigenvalue weighted by atomic mass is 16.5. The first kappa shape index (κ1) is 18.8. The molecule has 0 radical (unpaired) electrons. The molecule has 0 spiro atoms. The summed E-state index contributed by atoms with van der Waals surface area (Å²) in [4.78, 5) is 0. The second kappa shape index (κ2) is 9.67. The molecule has 128 valence electrons. The van der Waals surface area contributed by atoms with Gasteiger partial charge in [0.15, 0.2) is 0 Å². The predicted octanol–water partition coefficient (Wildman–Crippen LogP) is 5.55. The van der Waals surface area contributed by atoms with E-state index in [1.807, 2.05) is 85.0 Å². The van der Waals surface area contributed by atoms with Crippen molar-refractivity contribution in [1.82, 2.24) is 0 Å². The van der Waals surface area contributed by atoms with E-state index in [1.165, 1.54) is 0 Å². The number of hydrogen-bond donors (Lipinski definition) is 0. The predicted molar refractivity (Wildman–Crippen MR) is 105 cm³/mol. The number of methoxy groups -OCH3 is 1. The Kier molecular flexibility index (Phi) is 6.98. The molecule has 0 amide bonds. The smallest absolute Gasteiger partial charge is 0.136 e. The van der Waals surface area contributed by atoms with E-state index >= 15 is 0 Å². The Bertz CT molecular complexity index is 889. The molecule has 26 heavy (non-hydrogen) atoms. The molecule has 0 N–H and O–H groups in total. The topological polar surface area (TPSA) is 56.8 Å². The lowest BCUT2D eigenvalue weighted by Crippen LogP contribution is -1.87. The summed E-state index contributed by atoms with van der Waals surface area (Å²) in [6.07, 6.45) is 6.41. The molecule has 0 aliphatic rings. The summed E-state index contributed by atoms with van der Waals surface area (Å²) in [6.45, 7) is 2.06. The van der Waals surface area contributed by atoms with Crippen molar-refractivity contribution in [2.75, 3.05) is 7.11 Å². The van der Waals surface area contributed by atoms with Crippen LogP contribution < -0.4 is 4.74 Å². The van der Waals surface area contributed by atoms with E-state index in [0.29, 0.717) is 5.57 Å². The van der Waals surface area contributed by atoms with Crippen molar-refractivity contribution in [3.63, 3.8) is 0 Å². The van der Waals surface area contributed by atoms with Crippen molar-refractivity contribution in [3.8, 4) is 17.9 Å². The molecule has 0 saturated heterocycles. The third-order valence-corrected chi connectivity index (χ3v) is 3.94. The van der Waals surface area contributed by atoms with Gasteiger partial charge in [-0.2, -0.15) is 10.5 Å². The molecule has 0 atom stereocenters. The zero-order valence-corrected chi connectivity index (χ0v) is 14.9. The van der Waals surface area contributed by atoms with Crippen LogP contribution in [0.2, 0.25) is 0 Å². The minimum atomic E-state index is 0.0941. The normalized spacial score (nSPS) is 10.8. The number of allylic oxidation sites excluding steroid dienone is 5. The molecular formula is C23H20N2O.